The number of fused-ring (bicyclic) bond motifs is 1. The lowest BCUT2D eigenvalue weighted by Crippen LogP contribution is -2.41. The Balaban J connectivity index is 1.52. The Hall–Kier alpha value is -4.07. The van der Waals surface area contributed by atoms with E-state index in [0.29, 0.717) is 19.3 Å². The van der Waals surface area contributed by atoms with Crippen LogP contribution in [0.15, 0.2) is 35.4 Å². The van der Waals surface area contributed by atoms with E-state index in [9.17, 15) is 28.3 Å². The minimum Gasteiger partial charge on any atom is -0.443 e. The van der Waals surface area contributed by atoms with Gasteiger partial charge < -0.3 is 25.0 Å². The number of carbonyl (C=O) groups excluding carboxylic acids is 2. The van der Waals surface area contributed by atoms with E-state index < -0.39 is 54.1 Å². The molecule has 0 saturated heterocycles. The number of alkyl halides is 2. The first-order valence-electron chi connectivity index (χ1n) is 13.4. The molecule has 0 spiro atoms. The zero-order chi connectivity index (χ0) is 29.7. The first-order valence-corrected chi connectivity index (χ1v) is 13.4. The van der Waals surface area contributed by atoms with E-state index in [4.69, 9.17) is 4.74 Å². The third-order valence-electron chi connectivity index (χ3n) is 7.15. The SMILES string of the molecule is CN(C(=O)OC(C)(C)C)c1cc(Nc2cccn(C3CC(F)(F)C3)c2=O)nc2c(C(=O)N[C@H]3CC[C@@H](O)C3)cnn12. The maximum atomic E-state index is 13.5. The van der Waals surface area contributed by atoms with E-state index in [2.05, 4.69) is 20.7 Å². The fourth-order valence-corrected chi connectivity index (χ4v) is 5.04. The Morgan fingerprint density at radius 1 is 1.24 bits per heavy atom. The van der Waals surface area contributed by atoms with Crippen LogP contribution >= 0.6 is 0 Å². The van der Waals surface area contributed by atoms with E-state index in [-0.39, 0.29) is 34.6 Å². The van der Waals surface area contributed by atoms with E-state index >= 15 is 0 Å². The van der Waals surface area contributed by atoms with Gasteiger partial charge in [-0.2, -0.15) is 9.61 Å². The fourth-order valence-electron chi connectivity index (χ4n) is 5.04. The Labute approximate surface area is 234 Å². The van der Waals surface area contributed by atoms with Crippen molar-refractivity contribution >= 4 is 35.0 Å². The smallest absolute Gasteiger partial charge is 0.415 e. The van der Waals surface area contributed by atoms with E-state index in [1.807, 2.05) is 0 Å². The van der Waals surface area contributed by atoms with Gasteiger partial charge >= 0.3 is 6.09 Å². The number of hydrogen-bond donors (Lipinski definition) is 3. The Kier molecular flexibility index (Phi) is 7.22. The number of pyridine rings is 1. The molecule has 220 valence electrons. The van der Waals surface area contributed by atoms with E-state index in [0.717, 1.165) is 0 Å². The number of anilines is 3. The molecular formula is C27H33F2N7O5. The first-order chi connectivity index (χ1) is 19.2. The number of aliphatic hydroxyl groups excluding tert-OH is 1. The molecule has 2 aliphatic rings. The monoisotopic (exact) mass is 573 g/mol. The van der Waals surface area contributed by atoms with Crippen LogP contribution in [-0.4, -0.2) is 67.0 Å². The molecular weight excluding hydrogens is 540 g/mol. The van der Waals surface area contributed by atoms with Crippen molar-refractivity contribution in [3.8, 4) is 0 Å². The number of rotatable bonds is 6. The summed E-state index contributed by atoms with van der Waals surface area (Å²) in [5.74, 6) is -2.95. The molecule has 41 heavy (non-hydrogen) atoms. The lowest BCUT2D eigenvalue weighted by Gasteiger charge is -2.36. The third-order valence-corrected chi connectivity index (χ3v) is 7.15. The minimum atomic E-state index is -2.79. The van der Waals surface area contributed by atoms with Crippen molar-refractivity contribution in [2.75, 3.05) is 17.3 Å². The summed E-state index contributed by atoms with van der Waals surface area (Å²) in [6.45, 7) is 5.17. The van der Waals surface area contributed by atoms with Crippen LogP contribution in [0.5, 0.6) is 0 Å². The fraction of sp³-hybridized carbons (Fsp3) is 0.519. The zero-order valence-electron chi connectivity index (χ0n) is 23.2. The highest BCUT2D eigenvalue weighted by Crippen LogP contribution is 2.44. The average molecular weight is 574 g/mol. The number of nitrogens with zero attached hydrogens (tertiary/aromatic N) is 5. The summed E-state index contributed by atoms with van der Waals surface area (Å²) in [5, 5.41) is 20.0. The molecule has 12 nitrogen and oxygen atoms in total. The highest BCUT2D eigenvalue weighted by Gasteiger charge is 2.46. The maximum absolute atomic E-state index is 13.5. The van der Waals surface area contributed by atoms with Crippen molar-refractivity contribution in [3.63, 3.8) is 0 Å². The number of halogens is 2. The van der Waals surface area contributed by atoms with Gasteiger partial charge in [-0.05, 0) is 52.2 Å². The number of aliphatic hydroxyl groups is 1. The van der Waals surface area contributed by atoms with Crippen LogP contribution in [0.1, 0.15) is 69.3 Å². The Morgan fingerprint density at radius 3 is 2.61 bits per heavy atom. The van der Waals surface area contributed by atoms with Crippen molar-refractivity contribution in [2.24, 2.45) is 0 Å². The molecule has 2 aliphatic carbocycles. The number of nitrogens with one attached hydrogen (secondary N) is 2. The zero-order valence-corrected chi connectivity index (χ0v) is 23.2. The second kappa shape index (κ2) is 10.4. The molecule has 3 heterocycles. The average Bonchev–Trinajstić information content (AvgIpc) is 3.47. The van der Waals surface area contributed by atoms with Crippen molar-refractivity contribution < 1.29 is 28.2 Å². The van der Waals surface area contributed by atoms with Crippen molar-refractivity contribution in [2.45, 2.75) is 82.6 Å². The van der Waals surface area contributed by atoms with Gasteiger partial charge in [0.15, 0.2) is 5.65 Å². The lowest BCUT2D eigenvalue weighted by atomic mass is 9.88. The van der Waals surface area contributed by atoms with Crippen molar-refractivity contribution in [3.05, 3.63) is 46.5 Å². The summed E-state index contributed by atoms with van der Waals surface area (Å²) in [7, 11) is 1.47. The van der Waals surface area contributed by atoms with E-state index in [1.54, 1.807) is 26.8 Å². The standard InChI is InChI=1S/C27H33F2N7O5/c1-26(2,3)41-25(40)34(4)21-11-20(32-19-6-5-9-35(24(19)39)16-12-27(28,29)13-16)33-22-18(14-30-36(21)22)23(38)31-15-7-8-17(37)10-15/h5-6,9,11,14-17,37H,7-8,10,12-13H2,1-4H3,(H,31,38)(H,32,33)/t15-,17+/m0/s1. The van der Waals surface area contributed by atoms with Crippen LogP contribution in [0.25, 0.3) is 5.65 Å². The number of aromatic nitrogens is 4. The van der Waals surface area contributed by atoms with Gasteiger partial charge in [0, 0.05) is 44.2 Å². The minimum absolute atomic E-state index is 0.0795. The highest BCUT2D eigenvalue weighted by atomic mass is 19.3. The molecule has 2 atom stereocenters. The van der Waals surface area contributed by atoms with Crippen LogP contribution in [0.2, 0.25) is 0 Å². The molecule has 0 aromatic carbocycles. The molecule has 5 rings (SSSR count). The second-order valence-electron chi connectivity index (χ2n) is 11.6. The summed E-state index contributed by atoms with van der Waals surface area (Å²) >= 11 is 0. The lowest BCUT2D eigenvalue weighted by molar-refractivity contribution is -0.104. The normalized spacial score (nSPS) is 20.5. The van der Waals surface area contributed by atoms with Crippen LogP contribution < -0.4 is 21.1 Å². The summed E-state index contributed by atoms with van der Waals surface area (Å²) < 4.78 is 35.0. The third kappa shape index (κ3) is 6.01. The van der Waals surface area contributed by atoms with E-state index in [1.165, 1.54) is 45.6 Å². The molecule has 3 aromatic heterocycles. The van der Waals surface area contributed by atoms with Crippen molar-refractivity contribution in [1.29, 1.82) is 0 Å². The summed E-state index contributed by atoms with van der Waals surface area (Å²) in [4.78, 5) is 45.0. The van der Waals surface area contributed by atoms with Crippen LogP contribution in [0.3, 0.4) is 0 Å². The molecule has 2 fully saturated rings. The maximum Gasteiger partial charge on any atom is 0.415 e. The van der Waals surface area contributed by atoms with Gasteiger partial charge in [-0.15, -0.1) is 0 Å². The molecule has 3 N–H and O–H groups in total. The number of carbonyl (C=O) groups is 2. The summed E-state index contributed by atoms with van der Waals surface area (Å²) in [6.07, 6.45) is 2.44. The van der Waals surface area contributed by atoms with Gasteiger partial charge in [0.1, 0.15) is 28.5 Å². The molecule has 0 aliphatic heterocycles. The molecule has 0 bridgehead atoms. The number of hydrogen-bond acceptors (Lipinski definition) is 8. The van der Waals surface area contributed by atoms with Crippen LogP contribution in [0, 0.1) is 0 Å². The quantitative estimate of drug-likeness (QED) is 0.406. The Bertz CT molecular complexity index is 1540. The second-order valence-corrected chi connectivity index (χ2v) is 11.6. The van der Waals surface area contributed by atoms with Crippen LogP contribution in [0.4, 0.5) is 30.9 Å². The first kappa shape index (κ1) is 28.5. The van der Waals surface area contributed by atoms with Gasteiger partial charge in [0.2, 0.25) is 0 Å². The van der Waals surface area contributed by atoms with Gasteiger partial charge in [0.25, 0.3) is 17.4 Å². The van der Waals surface area contributed by atoms with Crippen molar-refractivity contribution in [1.82, 2.24) is 24.5 Å². The van der Waals surface area contributed by atoms with Gasteiger partial charge in [-0.1, -0.05) is 0 Å². The highest BCUT2D eigenvalue weighted by molar-refractivity contribution is 6.00. The topological polar surface area (TPSA) is 143 Å². The van der Waals surface area contributed by atoms with Gasteiger partial charge in [-0.3, -0.25) is 14.5 Å². The number of ether oxygens (including phenoxy) is 1. The molecule has 0 unspecified atom stereocenters. The summed E-state index contributed by atoms with van der Waals surface area (Å²) in [6, 6.07) is 3.70. The molecule has 2 amide bonds. The Morgan fingerprint density at radius 2 is 1.98 bits per heavy atom. The molecule has 3 aromatic rings. The van der Waals surface area contributed by atoms with Gasteiger partial charge in [-0.25, -0.2) is 18.6 Å². The molecule has 2 saturated carbocycles. The summed E-state index contributed by atoms with van der Waals surface area (Å²) in [5.41, 5.74) is -0.992. The van der Waals surface area contributed by atoms with Crippen LogP contribution in [-0.2, 0) is 4.74 Å². The van der Waals surface area contributed by atoms with Gasteiger partial charge in [0.05, 0.1) is 12.3 Å². The molecule has 14 heteroatoms. The largest absolute Gasteiger partial charge is 0.443 e. The number of amides is 2. The predicted molar refractivity (Wildman–Crippen MR) is 146 cm³/mol. The molecule has 0 radical (unpaired) electrons. The predicted octanol–water partition coefficient (Wildman–Crippen LogP) is 3.62.